The molecule has 0 aliphatic carbocycles. The minimum atomic E-state index is -3.36. The number of hydrogen-bond acceptors (Lipinski definition) is 4. The largest absolute Gasteiger partial charge is 0.367 e. The lowest BCUT2D eigenvalue weighted by atomic mass is 9.90. The van der Waals surface area contributed by atoms with Crippen LogP contribution in [0.15, 0.2) is 29.2 Å². The van der Waals surface area contributed by atoms with Gasteiger partial charge in [0.2, 0.25) is 10.0 Å². The molecule has 0 spiro atoms. The Hall–Kier alpha value is -1.11. The lowest BCUT2D eigenvalue weighted by molar-refractivity contribution is 0.350. The van der Waals surface area contributed by atoms with E-state index in [0.29, 0.717) is 23.4 Å². The minimum Gasteiger partial charge on any atom is -0.367 e. The van der Waals surface area contributed by atoms with E-state index < -0.39 is 10.0 Å². The van der Waals surface area contributed by atoms with E-state index in [-0.39, 0.29) is 0 Å². The van der Waals surface area contributed by atoms with Gasteiger partial charge in [-0.15, -0.1) is 0 Å². The van der Waals surface area contributed by atoms with Crippen LogP contribution in [0.4, 0.5) is 5.69 Å². The quantitative estimate of drug-likeness (QED) is 0.915. The number of nitrogens with two attached hydrogens (primary N) is 1. The Bertz CT molecular complexity index is 569. The predicted octanol–water partition coefficient (Wildman–Crippen LogP) is 1.50. The molecule has 1 aliphatic rings. The Kier molecular flexibility index (Phi) is 4.91. The van der Waals surface area contributed by atoms with Gasteiger partial charge < -0.3 is 10.6 Å². The Balaban J connectivity index is 2.26. The number of hydrogen-bond donors (Lipinski definition) is 1. The molecular weight excluding hydrogens is 286 g/mol. The Morgan fingerprint density at radius 2 is 1.90 bits per heavy atom. The van der Waals surface area contributed by atoms with Crippen molar-refractivity contribution in [2.24, 2.45) is 11.7 Å². The van der Waals surface area contributed by atoms with Gasteiger partial charge in [0.05, 0.1) is 4.90 Å². The molecule has 0 radical (unpaired) electrons. The summed E-state index contributed by atoms with van der Waals surface area (Å²) in [5, 5.41) is 0. The van der Waals surface area contributed by atoms with Crippen molar-refractivity contribution in [3.8, 4) is 0 Å². The number of sulfonamides is 1. The smallest absolute Gasteiger partial charge is 0.242 e. The Morgan fingerprint density at radius 3 is 2.43 bits per heavy atom. The van der Waals surface area contributed by atoms with E-state index in [1.165, 1.54) is 10.7 Å². The van der Waals surface area contributed by atoms with Gasteiger partial charge in [0.25, 0.3) is 0 Å². The van der Waals surface area contributed by atoms with Gasteiger partial charge in [0.15, 0.2) is 0 Å². The maximum absolute atomic E-state index is 12.1. The lowest BCUT2D eigenvalue weighted by Crippen LogP contribution is -2.48. The van der Waals surface area contributed by atoms with Gasteiger partial charge in [-0.05, 0) is 43.0 Å². The molecule has 0 aromatic heterocycles. The number of nitrogens with zero attached hydrogens (tertiary/aromatic N) is 2. The number of piperidine rings is 1. The van der Waals surface area contributed by atoms with Crippen LogP contribution in [0, 0.1) is 5.92 Å². The summed E-state index contributed by atoms with van der Waals surface area (Å²) in [6.45, 7) is 3.83. The molecule has 0 bridgehead atoms. The molecule has 1 aromatic carbocycles. The fourth-order valence-electron chi connectivity index (χ4n) is 2.95. The van der Waals surface area contributed by atoms with Crippen molar-refractivity contribution in [2.75, 3.05) is 32.1 Å². The first-order valence-corrected chi connectivity index (χ1v) is 8.81. The fourth-order valence-corrected chi connectivity index (χ4v) is 3.85. The van der Waals surface area contributed by atoms with Crippen LogP contribution in [0.5, 0.6) is 0 Å². The molecule has 1 heterocycles. The van der Waals surface area contributed by atoms with Crippen LogP contribution >= 0.6 is 0 Å². The molecular formula is C15H25N3O2S. The summed E-state index contributed by atoms with van der Waals surface area (Å²) in [6.07, 6.45) is 2.35. The molecule has 2 atom stereocenters. The van der Waals surface area contributed by atoms with Crippen molar-refractivity contribution < 1.29 is 8.42 Å². The third-order valence-electron chi connectivity index (χ3n) is 4.30. The second-order valence-electron chi connectivity index (χ2n) is 5.90. The SMILES string of the molecule is CC1CCCN(c2ccc(S(=O)(=O)N(C)C)cc2)C1CN. The van der Waals surface area contributed by atoms with Gasteiger partial charge >= 0.3 is 0 Å². The van der Waals surface area contributed by atoms with Crippen LogP contribution in [0.3, 0.4) is 0 Å². The molecule has 21 heavy (non-hydrogen) atoms. The topological polar surface area (TPSA) is 66.6 Å². The highest BCUT2D eigenvalue weighted by Gasteiger charge is 2.27. The summed E-state index contributed by atoms with van der Waals surface area (Å²) >= 11 is 0. The maximum Gasteiger partial charge on any atom is 0.242 e. The average molecular weight is 311 g/mol. The van der Waals surface area contributed by atoms with Gasteiger partial charge in [-0.2, -0.15) is 0 Å². The van der Waals surface area contributed by atoms with Crippen LogP contribution in [0.1, 0.15) is 19.8 Å². The van der Waals surface area contributed by atoms with E-state index in [2.05, 4.69) is 11.8 Å². The molecule has 2 rings (SSSR count). The average Bonchev–Trinajstić information content (AvgIpc) is 2.47. The second-order valence-corrected chi connectivity index (χ2v) is 8.05. The lowest BCUT2D eigenvalue weighted by Gasteiger charge is -2.41. The van der Waals surface area contributed by atoms with Crippen molar-refractivity contribution in [1.82, 2.24) is 4.31 Å². The van der Waals surface area contributed by atoms with E-state index in [1.807, 2.05) is 12.1 Å². The molecule has 1 fully saturated rings. The highest BCUT2D eigenvalue weighted by atomic mass is 32.2. The fraction of sp³-hybridized carbons (Fsp3) is 0.600. The van der Waals surface area contributed by atoms with Gasteiger partial charge in [-0.1, -0.05) is 6.92 Å². The van der Waals surface area contributed by atoms with E-state index in [1.54, 1.807) is 26.2 Å². The highest BCUT2D eigenvalue weighted by molar-refractivity contribution is 7.89. The standard InChI is InChI=1S/C15H25N3O2S/c1-12-5-4-10-18(15(12)11-16)13-6-8-14(9-7-13)21(19,20)17(2)3/h6-9,12,15H,4-5,10-11,16H2,1-3H3. The number of anilines is 1. The number of rotatable bonds is 4. The second kappa shape index (κ2) is 6.34. The van der Waals surface area contributed by atoms with Gasteiger partial charge in [-0.3, -0.25) is 0 Å². The molecule has 118 valence electrons. The molecule has 5 nitrogen and oxygen atoms in total. The molecule has 1 saturated heterocycles. The van der Waals surface area contributed by atoms with Crippen molar-refractivity contribution in [3.05, 3.63) is 24.3 Å². The predicted molar refractivity (Wildman–Crippen MR) is 85.9 cm³/mol. The molecule has 0 amide bonds. The summed E-state index contributed by atoms with van der Waals surface area (Å²) in [5.41, 5.74) is 6.97. The molecule has 0 saturated carbocycles. The minimum absolute atomic E-state index is 0.325. The van der Waals surface area contributed by atoms with Gasteiger partial charge in [-0.25, -0.2) is 12.7 Å². The molecule has 2 N–H and O–H groups in total. The highest BCUT2D eigenvalue weighted by Crippen LogP contribution is 2.29. The first-order valence-electron chi connectivity index (χ1n) is 7.37. The monoisotopic (exact) mass is 311 g/mol. The van der Waals surface area contributed by atoms with Crippen molar-refractivity contribution in [1.29, 1.82) is 0 Å². The van der Waals surface area contributed by atoms with Crippen molar-refractivity contribution in [2.45, 2.75) is 30.7 Å². The Labute approximate surface area is 127 Å². The van der Waals surface area contributed by atoms with Crippen molar-refractivity contribution >= 4 is 15.7 Å². The zero-order valence-corrected chi connectivity index (χ0v) is 13.8. The summed E-state index contributed by atoms with van der Waals surface area (Å²) in [6, 6.07) is 7.46. The first kappa shape index (κ1) is 16.3. The van der Waals surface area contributed by atoms with Crippen LogP contribution in [0.2, 0.25) is 0 Å². The normalized spacial score (nSPS) is 23.6. The molecule has 2 unspecified atom stereocenters. The van der Waals surface area contributed by atoms with E-state index in [0.717, 1.165) is 18.7 Å². The van der Waals surface area contributed by atoms with Gasteiger partial charge in [0, 0.05) is 38.9 Å². The summed E-state index contributed by atoms with van der Waals surface area (Å²) < 4.78 is 25.4. The summed E-state index contributed by atoms with van der Waals surface area (Å²) in [5.74, 6) is 0.564. The van der Waals surface area contributed by atoms with Crippen LogP contribution < -0.4 is 10.6 Å². The Morgan fingerprint density at radius 1 is 1.29 bits per heavy atom. The molecule has 6 heteroatoms. The van der Waals surface area contributed by atoms with Crippen LogP contribution in [-0.4, -0.2) is 45.9 Å². The zero-order chi connectivity index (χ0) is 15.6. The van der Waals surface area contributed by atoms with Crippen LogP contribution in [-0.2, 0) is 10.0 Å². The summed E-state index contributed by atoms with van der Waals surface area (Å²) in [4.78, 5) is 2.63. The number of benzene rings is 1. The first-order chi connectivity index (χ1) is 9.87. The third-order valence-corrected chi connectivity index (χ3v) is 6.13. The van der Waals surface area contributed by atoms with Gasteiger partial charge in [0.1, 0.15) is 0 Å². The maximum atomic E-state index is 12.1. The van der Waals surface area contributed by atoms with E-state index in [9.17, 15) is 8.42 Å². The molecule has 1 aliphatic heterocycles. The summed E-state index contributed by atoms with van der Waals surface area (Å²) in [7, 11) is -0.281. The third kappa shape index (κ3) is 3.22. The zero-order valence-electron chi connectivity index (χ0n) is 13.0. The van der Waals surface area contributed by atoms with E-state index in [4.69, 9.17) is 5.73 Å². The van der Waals surface area contributed by atoms with E-state index >= 15 is 0 Å². The van der Waals surface area contributed by atoms with Crippen LogP contribution in [0.25, 0.3) is 0 Å². The molecule has 1 aromatic rings. The van der Waals surface area contributed by atoms with Crippen molar-refractivity contribution in [3.63, 3.8) is 0 Å².